The van der Waals surface area contributed by atoms with Crippen LogP contribution in [0.25, 0.3) is 10.9 Å². The highest BCUT2D eigenvalue weighted by atomic mass is 19.4. The van der Waals surface area contributed by atoms with E-state index >= 15 is 0 Å². The van der Waals surface area contributed by atoms with Gasteiger partial charge in [-0.2, -0.15) is 13.2 Å². The van der Waals surface area contributed by atoms with Gasteiger partial charge in [-0.1, -0.05) is 0 Å². The molecule has 0 atom stereocenters. The molecule has 0 fully saturated rings. The number of rotatable bonds is 5. The second kappa shape index (κ2) is 9.38. The number of nitrogens with zero attached hydrogens (tertiary/aromatic N) is 1. The number of methoxy groups -OCH3 is 2. The topological polar surface area (TPSA) is 104 Å². The fourth-order valence-corrected chi connectivity index (χ4v) is 3.37. The van der Waals surface area contributed by atoms with Gasteiger partial charge in [-0.15, -0.1) is 0 Å². The number of aromatic nitrogens is 1. The Kier molecular flexibility index (Phi) is 6.75. The lowest BCUT2D eigenvalue weighted by Gasteiger charge is -2.14. The Balaban J connectivity index is 2.11. The van der Waals surface area contributed by atoms with Gasteiger partial charge in [-0.3, -0.25) is 9.59 Å². The van der Waals surface area contributed by atoms with Gasteiger partial charge in [0.25, 0.3) is 5.91 Å². The number of anilines is 1. The van der Waals surface area contributed by atoms with Crippen molar-refractivity contribution in [2.24, 2.45) is 0 Å². The summed E-state index contributed by atoms with van der Waals surface area (Å²) in [6.07, 6.45) is -3.44. The summed E-state index contributed by atoms with van der Waals surface area (Å²) in [5, 5.41) is 2.13. The summed E-state index contributed by atoms with van der Waals surface area (Å²) < 4.78 is 50.3. The van der Waals surface area contributed by atoms with Crippen molar-refractivity contribution < 1.29 is 37.0 Å². The molecule has 0 radical (unpaired) electrons. The Morgan fingerprint density at radius 1 is 0.971 bits per heavy atom. The number of nitrogens with one attached hydrogen (secondary N) is 1. The zero-order valence-electron chi connectivity index (χ0n) is 18.3. The van der Waals surface area contributed by atoms with Crippen molar-refractivity contribution in [2.75, 3.05) is 19.5 Å². The van der Waals surface area contributed by atoms with Crippen LogP contribution in [0.1, 0.15) is 43.6 Å². The minimum Gasteiger partial charge on any atom is -0.465 e. The molecule has 3 aromatic rings. The maximum absolute atomic E-state index is 13.2. The number of carbonyl (C=O) groups is 3. The van der Waals surface area contributed by atoms with Crippen LogP contribution < -0.4 is 10.7 Å². The number of ether oxygens (including phenoxy) is 2. The zero-order chi connectivity index (χ0) is 25.2. The van der Waals surface area contributed by atoms with Gasteiger partial charge < -0.3 is 19.4 Å². The van der Waals surface area contributed by atoms with Gasteiger partial charge >= 0.3 is 18.1 Å². The normalized spacial score (nSPS) is 11.2. The fourth-order valence-electron chi connectivity index (χ4n) is 3.37. The van der Waals surface area contributed by atoms with Crippen LogP contribution in [0.15, 0.2) is 47.4 Å². The number of halogens is 3. The molecule has 0 unspecified atom stereocenters. The maximum Gasteiger partial charge on any atom is 0.416 e. The largest absolute Gasteiger partial charge is 0.465 e. The number of alkyl halides is 3. The van der Waals surface area contributed by atoms with Crippen LogP contribution >= 0.6 is 0 Å². The molecule has 0 aliphatic carbocycles. The van der Waals surface area contributed by atoms with E-state index in [0.29, 0.717) is 6.07 Å². The smallest absolute Gasteiger partial charge is 0.416 e. The number of pyridine rings is 1. The quantitative estimate of drug-likeness (QED) is 0.561. The fraction of sp³-hybridized carbons (Fsp3) is 0.217. The van der Waals surface area contributed by atoms with Crippen LogP contribution in [0.3, 0.4) is 0 Å². The Bertz CT molecular complexity index is 1330. The molecule has 8 nitrogen and oxygen atoms in total. The molecule has 178 valence electrons. The first-order chi connectivity index (χ1) is 16.0. The number of hydrogen-bond donors (Lipinski definition) is 1. The first kappa shape index (κ1) is 24.5. The van der Waals surface area contributed by atoms with Crippen molar-refractivity contribution in [2.45, 2.75) is 19.6 Å². The second-order valence-electron chi connectivity index (χ2n) is 7.12. The van der Waals surface area contributed by atoms with Gasteiger partial charge in [0.15, 0.2) is 0 Å². The van der Waals surface area contributed by atoms with Gasteiger partial charge in [0.1, 0.15) is 5.56 Å². The average molecular weight is 476 g/mol. The van der Waals surface area contributed by atoms with E-state index in [1.54, 1.807) is 6.92 Å². The summed E-state index contributed by atoms with van der Waals surface area (Å²) in [6.45, 7) is 1.97. The van der Waals surface area contributed by atoms with Crippen LogP contribution in [0.2, 0.25) is 0 Å². The number of fused-ring (bicyclic) bond motifs is 1. The molecule has 11 heteroatoms. The maximum atomic E-state index is 13.2. The van der Waals surface area contributed by atoms with Gasteiger partial charge in [0.2, 0.25) is 5.43 Å². The molecule has 1 aromatic heterocycles. The molecule has 0 saturated carbocycles. The van der Waals surface area contributed by atoms with Gasteiger partial charge in [0, 0.05) is 23.8 Å². The standard InChI is InChI=1S/C23H19F3N2O6/c1-4-28-11-17(19(29)16-10-14(23(24,25)26)5-6-18(16)28)20(30)27-15-8-12(21(31)33-2)7-13(9-15)22(32)34-3/h5-11H,4H2,1-3H3,(H,27,30). The Morgan fingerprint density at radius 2 is 1.56 bits per heavy atom. The van der Waals surface area contributed by atoms with Crippen molar-refractivity contribution in [3.8, 4) is 0 Å². The number of carbonyl (C=O) groups excluding carboxylic acids is 3. The molecule has 1 amide bonds. The van der Waals surface area contributed by atoms with Gasteiger partial charge in [-0.25, -0.2) is 9.59 Å². The van der Waals surface area contributed by atoms with Crippen molar-refractivity contribution in [1.29, 1.82) is 0 Å². The van der Waals surface area contributed by atoms with E-state index in [-0.39, 0.29) is 34.3 Å². The summed E-state index contributed by atoms with van der Waals surface area (Å²) >= 11 is 0. The predicted octanol–water partition coefficient (Wildman–Crippen LogP) is 3.87. The molecule has 0 aliphatic heterocycles. The predicted molar refractivity (Wildman–Crippen MR) is 116 cm³/mol. The van der Waals surface area contributed by atoms with E-state index in [9.17, 15) is 32.3 Å². The molecule has 1 N–H and O–H groups in total. The van der Waals surface area contributed by atoms with E-state index in [4.69, 9.17) is 0 Å². The molecule has 0 aliphatic rings. The molecule has 0 bridgehead atoms. The number of amides is 1. The molecular formula is C23H19F3N2O6. The number of aryl methyl sites for hydroxylation is 1. The number of benzene rings is 2. The summed E-state index contributed by atoms with van der Waals surface area (Å²) in [6, 6.07) is 6.38. The van der Waals surface area contributed by atoms with E-state index in [1.165, 1.54) is 35.0 Å². The van der Waals surface area contributed by atoms with Gasteiger partial charge in [-0.05, 0) is 43.3 Å². The first-order valence-electron chi connectivity index (χ1n) is 9.87. The molecule has 34 heavy (non-hydrogen) atoms. The van der Waals surface area contributed by atoms with Crippen LogP contribution in [-0.4, -0.2) is 36.6 Å². The summed E-state index contributed by atoms with van der Waals surface area (Å²) in [7, 11) is 2.26. The van der Waals surface area contributed by atoms with E-state index < -0.39 is 40.6 Å². The Morgan fingerprint density at radius 3 is 2.06 bits per heavy atom. The molecule has 3 rings (SSSR count). The first-order valence-corrected chi connectivity index (χ1v) is 9.87. The lowest BCUT2D eigenvalue weighted by atomic mass is 10.1. The highest BCUT2D eigenvalue weighted by molar-refractivity contribution is 6.07. The molecule has 1 heterocycles. The minimum absolute atomic E-state index is 0.0279. The Labute approximate surface area is 190 Å². The summed E-state index contributed by atoms with van der Waals surface area (Å²) in [4.78, 5) is 49.8. The third kappa shape index (κ3) is 4.77. The summed E-state index contributed by atoms with van der Waals surface area (Å²) in [5.74, 6) is -2.52. The van der Waals surface area contributed by atoms with Crippen LogP contribution in [0, 0.1) is 0 Å². The van der Waals surface area contributed by atoms with E-state index in [0.717, 1.165) is 20.3 Å². The molecular weight excluding hydrogens is 457 g/mol. The van der Waals surface area contributed by atoms with Gasteiger partial charge in [0.05, 0.1) is 36.4 Å². The molecule has 2 aromatic carbocycles. The van der Waals surface area contributed by atoms with Crippen molar-refractivity contribution in [1.82, 2.24) is 4.57 Å². The SMILES string of the molecule is CCn1cc(C(=O)Nc2cc(C(=O)OC)cc(C(=O)OC)c2)c(=O)c2cc(C(F)(F)F)ccc21. The zero-order valence-corrected chi connectivity index (χ0v) is 18.3. The van der Waals surface area contributed by atoms with Crippen molar-refractivity contribution in [3.05, 3.63) is 75.1 Å². The summed E-state index contributed by atoms with van der Waals surface area (Å²) in [5.41, 5.74) is -2.28. The van der Waals surface area contributed by atoms with E-state index in [2.05, 4.69) is 14.8 Å². The molecule has 0 spiro atoms. The lowest BCUT2D eigenvalue weighted by molar-refractivity contribution is -0.137. The van der Waals surface area contributed by atoms with Crippen molar-refractivity contribution in [3.63, 3.8) is 0 Å². The second-order valence-corrected chi connectivity index (χ2v) is 7.12. The van der Waals surface area contributed by atoms with Crippen LogP contribution in [0.4, 0.5) is 18.9 Å². The van der Waals surface area contributed by atoms with Crippen molar-refractivity contribution >= 4 is 34.4 Å². The van der Waals surface area contributed by atoms with Crippen LogP contribution in [0.5, 0.6) is 0 Å². The van der Waals surface area contributed by atoms with Crippen LogP contribution in [-0.2, 0) is 22.2 Å². The monoisotopic (exact) mass is 476 g/mol. The third-order valence-corrected chi connectivity index (χ3v) is 5.03. The lowest BCUT2D eigenvalue weighted by Crippen LogP contribution is -2.24. The molecule has 0 saturated heterocycles. The van der Waals surface area contributed by atoms with E-state index in [1.807, 2.05) is 0 Å². The number of esters is 2. The minimum atomic E-state index is -4.67. The third-order valence-electron chi connectivity index (χ3n) is 5.03. The Hall–Kier alpha value is -4.15. The highest BCUT2D eigenvalue weighted by Gasteiger charge is 2.31. The average Bonchev–Trinajstić information content (AvgIpc) is 2.82. The number of hydrogen-bond acceptors (Lipinski definition) is 6. The highest BCUT2D eigenvalue weighted by Crippen LogP contribution is 2.31.